The SMILES string of the molecule is O=C(NC1CCN(C(=O)c2nnn(-c3ccc(F)cc3)c2C(F)(F)F)CC1)C1CCCCC1. The molecule has 0 spiro atoms. The van der Waals surface area contributed by atoms with Crippen LogP contribution < -0.4 is 5.32 Å². The van der Waals surface area contributed by atoms with Gasteiger partial charge in [0.1, 0.15) is 5.82 Å². The number of benzene rings is 1. The van der Waals surface area contributed by atoms with Gasteiger partial charge >= 0.3 is 6.18 Å². The van der Waals surface area contributed by atoms with Crippen LogP contribution in [0.25, 0.3) is 5.69 Å². The maximum Gasteiger partial charge on any atom is 0.435 e. The van der Waals surface area contributed by atoms with Crippen LogP contribution in [0.4, 0.5) is 17.6 Å². The number of aromatic nitrogens is 3. The maximum absolute atomic E-state index is 13.8. The number of amides is 2. The first-order chi connectivity index (χ1) is 15.7. The first-order valence-electron chi connectivity index (χ1n) is 11.1. The second-order valence-corrected chi connectivity index (χ2v) is 8.58. The number of likely N-dealkylation sites (tertiary alicyclic amines) is 1. The zero-order chi connectivity index (χ0) is 23.6. The van der Waals surface area contributed by atoms with Gasteiger partial charge in [0.15, 0.2) is 11.4 Å². The molecule has 2 amide bonds. The number of nitrogens with zero attached hydrogens (tertiary/aromatic N) is 4. The van der Waals surface area contributed by atoms with E-state index in [0.29, 0.717) is 17.5 Å². The number of hydrogen-bond donors (Lipinski definition) is 1. The quantitative estimate of drug-likeness (QED) is 0.695. The highest BCUT2D eigenvalue weighted by atomic mass is 19.4. The van der Waals surface area contributed by atoms with Crippen molar-refractivity contribution >= 4 is 11.8 Å². The fraction of sp³-hybridized carbons (Fsp3) is 0.545. The highest BCUT2D eigenvalue weighted by molar-refractivity contribution is 5.93. The number of halogens is 4. The second-order valence-electron chi connectivity index (χ2n) is 8.58. The molecule has 2 aliphatic rings. The van der Waals surface area contributed by atoms with Crippen molar-refractivity contribution in [3.8, 4) is 5.69 Å². The lowest BCUT2D eigenvalue weighted by atomic mass is 9.88. The van der Waals surface area contributed by atoms with E-state index >= 15 is 0 Å². The molecule has 1 aromatic heterocycles. The van der Waals surface area contributed by atoms with Gasteiger partial charge in [0.05, 0.1) is 5.69 Å². The van der Waals surface area contributed by atoms with E-state index in [1.165, 1.54) is 4.90 Å². The number of rotatable bonds is 4. The summed E-state index contributed by atoms with van der Waals surface area (Å²) in [5.74, 6) is -1.43. The Hall–Kier alpha value is -2.98. The summed E-state index contributed by atoms with van der Waals surface area (Å²) in [4.78, 5) is 26.7. The third-order valence-electron chi connectivity index (χ3n) is 6.32. The van der Waals surface area contributed by atoms with Gasteiger partial charge < -0.3 is 10.2 Å². The van der Waals surface area contributed by atoms with Gasteiger partial charge in [-0.25, -0.2) is 9.07 Å². The number of alkyl halides is 3. The molecule has 7 nitrogen and oxygen atoms in total. The first kappa shape index (κ1) is 23.2. The predicted molar refractivity (Wildman–Crippen MR) is 110 cm³/mol. The lowest BCUT2D eigenvalue weighted by Gasteiger charge is -2.33. The Labute approximate surface area is 188 Å². The van der Waals surface area contributed by atoms with Crippen LogP contribution in [0.15, 0.2) is 24.3 Å². The zero-order valence-corrected chi connectivity index (χ0v) is 17.9. The van der Waals surface area contributed by atoms with Gasteiger partial charge in [-0.3, -0.25) is 9.59 Å². The molecule has 0 unspecified atom stereocenters. The second kappa shape index (κ2) is 9.48. The minimum absolute atomic E-state index is 0.0225. The summed E-state index contributed by atoms with van der Waals surface area (Å²) in [6.07, 6.45) is 1.02. The summed E-state index contributed by atoms with van der Waals surface area (Å²) in [6, 6.07) is 4.17. The maximum atomic E-state index is 13.8. The molecule has 2 fully saturated rings. The molecule has 33 heavy (non-hydrogen) atoms. The molecule has 0 radical (unpaired) electrons. The van der Waals surface area contributed by atoms with E-state index in [1.807, 2.05) is 0 Å². The van der Waals surface area contributed by atoms with Crippen LogP contribution in [-0.4, -0.2) is 50.8 Å². The first-order valence-corrected chi connectivity index (χ1v) is 11.1. The Kier molecular flexibility index (Phi) is 6.66. The van der Waals surface area contributed by atoms with Gasteiger partial charge in [-0.15, -0.1) is 5.10 Å². The largest absolute Gasteiger partial charge is 0.435 e. The molecule has 2 aromatic rings. The predicted octanol–water partition coefficient (Wildman–Crippen LogP) is 3.73. The van der Waals surface area contributed by atoms with Crippen molar-refractivity contribution in [3.05, 3.63) is 41.5 Å². The summed E-state index contributed by atoms with van der Waals surface area (Å²) in [5.41, 5.74) is -2.15. The topological polar surface area (TPSA) is 80.1 Å². The van der Waals surface area contributed by atoms with Crippen molar-refractivity contribution in [3.63, 3.8) is 0 Å². The van der Waals surface area contributed by atoms with Crippen molar-refractivity contribution in [1.82, 2.24) is 25.2 Å². The molecule has 178 valence electrons. The molecular weight excluding hydrogens is 442 g/mol. The number of hydrogen-bond acceptors (Lipinski definition) is 4. The normalized spacial score (nSPS) is 18.4. The van der Waals surface area contributed by atoms with Crippen molar-refractivity contribution in [1.29, 1.82) is 0 Å². The Morgan fingerprint density at radius 2 is 1.61 bits per heavy atom. The summed E-state index contributed by atoms with van der Waals surface area (Å²) in [6.45, 7) is 0.407. The Bertz CT molecular complexity index is 991. The van der Waals surface area contributed by atoms with E-state index in [9.17, 15) is 27.2 Å². The van der Waals surface area contributed by atoms with Crippen molar-refractivity contribution in [2.45, 2.75) is 57.2 Å². The molecule has 1 N–H and O–H groups in total. The van der Waals surface area contributed by atoms with E-state index < -0.39 is 29.3 Å². The van der Waals surface area contributed by atoms with E-state index in [1.54, 1.807) is 0 Å². The number of nitrogens with one attached hydrogen (secondary N) is 1. The van der Waals surface area contributed by atoms with Crippen LogP contribution >= 0.6 is 0 Å². The highest BCUT2D eigenvalue weighted by Crippen LogP contribution is 2.33. The fourth-order valence-corrected chi connectivity index (χ4v) is 4.50. The van der Waals surface area contributed by atoms with Gasteiger partial charge in [-0.05, 0) is 49.9 Å². The van der Waals surface area contributed by atoms with Crippen LogP contribution in [-0.2, 0) is 11.0 Å². The molecule has 2 heterocycles. The summed E-state index contributed by atoms with van der Waals surface area (Å²) >= 11 is 0. The van der Waals surface area contributed by atoms with Gasteiger partial charge in [0.2, 0.25) is 5.91 Å². The monoisotopic (exact) mass is 467 g/mol. The highest BCUT2D eigenvalue weighted by Gasteiger charge is 2.43. The average Bonchev–Trinajstić information content (AvgIpc) is 3.26. The minimum Gasteiger partial charge on any atom is -0.353 e. The molecular formula is C22H25F4N5O2. The van der Waals surface area contributed by atoms with Crippen LogP contribution in [0, 0.1) is 11.7 Å². The Balaban J connectivity index is 1.44. The lowest BCUT2D eigenvalue weighted by Crippen LogP contribution is -2.48. The van der Waals surface area contributed by atoms with Crippen LogP contribution in [0.1, 0.15) is 61.1 Å². The molecule has 1 aromatic carbocycles. The number of piperidine rings is 1. The number of carbonyl (C=O) groups excluding carboxylic acids is 2. The molecule has 1 aliphatic carbocycles. The Morgan fingerprint density at radius 3 is 2.21 bits per heavy atom. The third kappa shape index (κ3) is 5.17. The average molecular weight is 467 g/mol. The standard InChI is InChI=1S/C22H25F4N5O2/c23-15-6-8-17(9-7-15)31-19(22(24,25)26)18(28-29-31)21(33)30-12-10-16(11-13-30)27-20(32)14-4-2-1-3-5-14/h6-9,14,16H,1-5,10-13H2,(H,27,32). The van der Waals surface area contributed by atoms with E-state index in [-0.39, 0.29) is 36.6 Å². The van der Waals surface area contributed by atoms with Gasteiger partial charge in [0.25, 0.3) is 5.91 Å². The summed E-state index contributed by atoms with van der Waals surface area (Å²) < 4.78 is 55.2. The molecule has 1 saturated carbocycles. The zero-order valence-electron chi connectivity index (χ0n) is 17.9. The fourth-order valence-electron chi connectivity index (χ4n) is 4.50. The van der Waals surface area contributed by atoms with Gasteiger partial charge in [-0.2, -0.15) is 13.2 Å². The van der Waals surface area contributed by atoms with Crippen LogP contribution in [0.2, 0.25) is 0 Å². The molecule has 0 bridgehead atoms. The summed E-state index contributed by atoms with van der Waals surface area (Å²) in [5, 5.41) is 10.1. The molecule has 4 rings (SSSR count). The van der Waals surface area contributed by atoms with Gasteiger partial charge in [0, 0.05) is 25.0 Å². The summed E-state index contributed by atoms with van der Waals surface area (Å²) in [7, 11) is 0. The lowest BCUT2D eigenvalue weighted by molar-refractivity contribution is -0.143. The van der Waals surface area contributed by atoms with Crippen LogP contribution in [0.3, 0.4) is 0 Å². The van der Waals surface area contributed by atoms with Crippen molar-refractivity contribution in [2.75, 3.05) is 13.1 Å². The minimum atomic E-state index is -4.89. The number of carbonyl (C=O) groups is 2. The van der Waals surface area contributed by atoms with Gasteiger partial charge in [-0.1, -0.05) is 24.5 Å². The smallest absolute Gasteiger partial charge is 0.353 e. The molecule has 1 saturated heterocycles. The molecule has 11 heteroatoms. The molecule has 0 atom stereocenters. The van der Waals surface area contributed by atoms with Crippen LogP contribution in [0.5, 0.6) is 0 Å². The van der Waals surface area contributed by atoms with E-state index in [0.717, 1.165) is 56.4 Å². The molecule has 1 aliphatic heterocycles. The van der Waals surface area contributed by atoms with E-state index in [2.05, 4.69) is 15.6 Å². The third-order valence-corrected chi connectivity index (χ3v) is 6.32. The van der Waals surface area contributed by atoms with Crippen molar-refractivity contribution < 1.29 is 27.2 Å². The Morgan fingerprint density at radius 1 is 0.970 bits per heavy atom. The van der Waals surface area contributed by atoms with E-state index in [4.69, 9.17) is 0 Å². The van der Waals surface area contributed by atoms with Crippen molar-refractivity contribution in [2.24, 2.45) is 5.92 Å².